The molecule has 0 radical (unpaired) electrons. The van der Waals surface area contributed by atoms with E-state index in [9.17, 15) is 22.8 Å². The number of thioether (sulfide) groups is 1. The predicted octanol–water partition coefficient (Wildman–Crippen LogP) is 6.30. The molecule has 0 saturated carbocycles. The third-order valence-corrected chi connectivity index (χ3v) is 6.63. The van der Waals surface area contributed by atoms with Crippen LogP contribution in [-0.2, 0) is 17.4 Å². The second-order valence-electron chi connectivity index (χ2n) is 7.60. The van der Waals surface area contributed by atoms with E-state index in [-0.39, 0.29) is 16.8 Å². The van der Waals surface area contributed by atoms with E-state index in [0.29, 0.717) is 11.4 Å². The van der Waals surface area contributed by atoms with Crippen molar-refractivity contribution in [3.63, 3.8) is 0 Å². The van der Waals surface area contributed by atoms with Gasteiger partial charge in [-0.05, 0) is 66.1 Å². The van der Waals surface area contributed by atoms with Crippen molar-refractivity contribution in [1.29, 1.82) is 0 Å². The fourth-order valence-electron chi connectivity index (χ4n) is 3.59. The zero-order valence-electron chi connectivity index (χ0n) is 17.7. The molecule has 1 aliphatic rings. The Bertz CT molecular complexity index is 1140. The van der Waals surface area contributed by atoms with Gasteiger partial charge in [-0.25, -0.2) is 0 Å². The second kappa shape index (κ2) is 9.31. The molecule has 4 nitrogen and oxygen atoms in total. The maximum Gasteiger partial charge on any atom is 0.416 e. The number of nitrogens with one attached hydrogen (secondary N) is 1. The van der Waals surface area contributed by atoms with Gasteiger partial charge < -0.3 is 5.32 Å². The van der Waals surface area contributed by atoms with Gasteiger partial charge in [0.2, 0.25) is 5.91 Å². The van der Waals surface area contributed by atoms with Crippen molar-refractivity contribution >= 4 is 35.0 Å². The Morgan fingerprint density at radius 3 is 2.21 bits per heavy atom. The number of alkyl halides is 3. The number of anilines is 2. The SMILES string of the molecule is CCc1ccc(N2C(=O)CS[C@H]2c2ccc(NC(=O)c3ccc(C(F)(F)F)cc3)cc2)cc1. The third-order valence-electron chi connectivity index (χ3n) is 5.42. The molecular weight excluding hydrogens is 449 g/mol. The first-order valence-electron chi connectivity index (χ1n) is 10.4. The minimum absolute atomic E-state index is 0.0360. The molecule has 1 N–H and O–H groups in total. The summed E-state index contributed by atoms with van der Waals surface area (Å²) in [7, 11) is 0. The summed E-state index contributed by atoms with van der Waals surface area (Å²) in [6.07, 6.45) is -3.53. The van der Waals surface area contributed by atoms with Gasteiger partial charge in [0.1, 0.15) is 5.37 Å². The highest BCUT2D eigenvalue weighted by atomic mass is 32.2. The van der Waals surface area contributed by atoms with Crippen LogP contribution >= 0.6 is 11.8 Å². The smallest absolute Gasteiger partial charge is 0.322 e. The van der Waals surface area contributed by atoms with Gasteiger partial charge in [-0.2, -0.15) is 13.2 Å². The summed E-state index contributed by atoms with van der Waals surface area (Å²) in [4.78, 5) is 26.7. The van der Waals surface area contributed by atoms with Crippen molar-refractivity contribution in [2.24, 2.45) is 0 Å². The molecule has 33 heavy (non-hydrogen) atoms. The fourth-order valence-corrected chi connectivity index (χ4v) is 4.76. The molecule has 2 amide bonds. The van der Waals surface area contributed by atoms with Crippen LogP contribution in [0, 0.1) is 0 Å². The zero-order valence-corrected chi connectivity index (χ0v) is 18.5. The Balaban J connectivity index is 1.47. The molecule has 3 aromatic carbocycles. The van der Waals surface area contributed by atoms with Crippen LogP contribution in [0.1, 0.15) is 39.3 Å². The van der Waals surface area contributed by atoms with Crippen LogP contribution in [0.4, 0.5) is 24.5 Å². The normalized spacial score (nSPS) is 16.2. The van der Waals surface area contributed by atoms with Crippen LogP contribution in [0.15, 0.2) is 72.8 Å². The van der Waals surface area contributed by atoms with Crippen molar-refractivity contribution < 1.29 is 22.8 Å². The summed E-state index contributed by atoms with van der Waals surface area (Å²) in [5, 5.41) is 2.51. The van der Waals surface area contributed by atoms with Crippen LogP contribution in [0.5, 0.6) is 0 Å². The molecule has 3 aromatic rings. The number of benzene rings is 3. The maximum atomic E-state index is 12.7. The molecule has 1 atom stereocenters. The lowest BCUT2D eigenvalue weighted by atomic mass is 10.1. The summed E-state index contributed by atoms with van der Waals surface area (Å²) in [5.41, 5.74) is 2.79. The molecule has 1 heterocycles. The molecule has 0 aromatic heterocycles. The minimum atomic E-state index is -4.45. The molecule has 4 rings (SSSR count). The third kappa shape index (κ3) is 5.06. The molecule has 8 heteroatoms. The average molecular weight is 471 g/mol. The highest BCUT2D eigenvalue weighted by Gasteiger charge is 2.34. The molecule has 0 spiro atoms. The summed E-state index contributed by atoms with van der Waals surface area (Å²) in [6, 6.07) is 19.1. The van der Waals surface area contributed by atoms with Crippen LogP contribution in [0.3, 0.4) is 0 Å². The zero-order chi connectivity index (χ0) is 23.6. The number of carbonyl (C=O) groups is 2. The van der Waals surface area contributed by atoms with Crippen molar-refractivity contribution in [3.8, 4) is 0 Å². The minimum Gasteiger partial charge on any atom is -0.322 e. The molecule has 0 unspecified atom stereocenters. The molecule has 1 saturated heterocycles. The number of carbonyl (C=O) groups excluding carboxylic acids is 2. The number of aryl methyl sites for hydroxylation is 1. The number of hydrogen-bond acceptors (Lipinski definition) is 3. The fraction of sp³-hybridized carbons (Fsp3) is 0.200. The molecule has 170 valence electrons. The van der Waals surface area contributed by atoms with Gasteiger partial charge in [0.25, 0.3) is 5.91 Å². The quantitative estimate of drug-likeness (QED) is 0.476. The van der Waals surface area contributed by atoms with Crippen LogP contribution in [0.2, 0.25) is 0 Å². The highest BCUT2D eigenvalue weighted by molar-refractivity contribution is 8.00. The molecule has 0 aliphatic carbocycles. The van der Waals surface area contributed by atoms with Crippen LogP contribution in [0.25, 0.3) is 0 Å². The van der Waals surface area contributed by atoms with E-state index in [4.69, 9.17) is 0 Å². The van der Waals surface area contributed by atoms with Gasteiger partial charge in [-0.1, -0.05) is 31.2 Å². The first kappa shape index (κ1) is 22.9. The lowest BCUT2D eigenvalue weighted by Gasteiger charge is -2.24. The first-order chi connectivity index (χ1) is 15.8. The lowest BCUT2D eigenvalue weighted by Crippen LogP contribution is -2.27. The molecule has 1 fully saturated rings. The average Bonchev–Trinajstić information content (AvgIpc) is 3.20. The largest absolute Gasteiger partial charge is 0.416 e. The molecular formula is C25H21F3N2O2S. The molecule has 1 aliphatic heterocycles. The Kier molecular flexibility index (Phi) is 6.47. The number of nitrogens with zero attached hydrogens (tertiary/aromatic N) is 1. The predicted molar refractivity (Wildman–Crippen MR) is 124 cm³/mol. The van der Waals surface area contributed by atoms with Crippen molar-refractivity contribution in [2.45, 2.75) is 24.9 Å². The topological polar surface area (TPSA) is 49.4 Å². The van der Waals surface area contributed by atoms with Gasteiger partial charge in [0.15, 0.2) is 0 Å². The Morgan fingerprint density at radius 2 is 1.64 bits per heavy atom. The highest BCUT2D eigenvalue weighted by Crippen LogP contribution is 2.42. The van der Waals surface area contributed by atoms with E-state index in [1.54, 1.807) is 17.0 Å². The summed E-state index contributed by atoms with van der Waals surface area (Å²) in [6.45, 7) is 2.08. The van der Waals surface area contributed by atoms with Crippen molar-refractivity contribution in [2.75, 3.05) is 16.0 Å². The number of hydrogen-bond donors (Lipinski definition) is 1. The van der Waals surface area contributed by atoms with Crippen LogP contribution in [-0.4, -0.2) is 17.6 Å². The first-order valence-corrected chi connectivity index (χ1v) is 11.4. The molecule has 0 bridgehead atoms. The van der Waals surface area contributed by atoms with E-state index in [0.717, 1.165) is 41.9 Å². The monoisotopic (exact) mass is 470 g/mol. The number of halogens is 3. The maximum absolute atomic E-state index is 12.7. The van der Waals surface area contributed by atoms with E-state index >= 15 is 0 Å². The Hall–Kier alpha value is -3.26. The van der Waals surface area contributed by atoms with E-state index in [1.807, 2.05) is 36.4 Å². The van der Waals surface area contributed by atoms with E-state index in [2.05, 4.69) is 12.2 Å². The van der Waals surface area contributed by atoms with E-state index in [1.165, 1.54) is 17.3 Å². The van der Waals surface area contributed by atoms with Gasteiger partial charge in [0, 0.05) is 16.9 Å². The summed E-state index contributed by atoms with van der Waals surface area (Å²) in [5.74, 6) is -0.0828. The lowest BCUT2D eigenvalue weighted by molar-refractivity contribution is -0.137. The van der Waals surface area contributed by atoms with Gasteiger partial charge in [-0.15, -0.1) is 11.8 Å². The van der Waals surface area contributed by atoms with Gasteiger partial charge in [0.05, 0.1) is 11.3 Å². The summed E-state index contributed by atoms with van der Waals surface area (Å²) < 4.78 is 38.1. The summed E-state index contributed by atoms with van der Waals surface area (Å²) >= 11 is 1.53. The number of rotatable bonds is 5. The van der Waals surface area contributed by atoms with Crippen LogP contribution < -0.4 is 10.2 Å². The standard InChI is InChI=1S/C25H21F3N2O2S/c1-2-16-3-13-21(14-4-16)30-22(31)15-33-24(30)18-7-11-20(12-8-18)29-23(32)17-5-9-19(10-6-17)25(26,27)28/h3-14,24H,2,15H2,1H3,(H,29,32)/t24-/m0/s1. The van der Waals surface area contributed by atoms with Gasteiger partial charge in [-0.3, -0.25) is 14.5 Å². The van der Waals surface area contributed by atoms with E-state index < -0.39 is 17.6 Å². The van der Waals surface area contributed by atoms with Crippen molar-refractivity contribution in [1.82, 2.24) is 0 Å². The Labute approximate surface area is 193 Å². The second-order valence-corrected chi connectivity index (χ2v) is 8.67. The Morgan fingerprint density at radius 1 is 1.00 bits per heavy atom. The van der Waals surface area contributed by atoms with Gasteiger partial charge >= 0.3 is 6.18 Å². The van der Waals surface area contributed by atoms with Crippen molar-refractivity contribution in [3.05, 3.63) is 95.1 Å². The number of amides is 2.